The Labute approximate surface area is 135 Å². The van der Waals surface area contributed by atoms with Crippen molar-refractivity contribution >= 4 is 11.0 Å². The maximum absolute atomic E-state index is 11.9. The van der Waals surface area contributed by atoms with Crippen molar-refractivity contribution in [2.24, 2.45) is 11.8 Å². The summed E-state index contributed by atoms with van der Waals surface area (Å²) in [6.45, 7) is 6.22. The van der Waals surface area contributed by atoms with Crippen LogP contribution in [0.3, 0.4) is 0 Å². The molecule has 0 aliphatic carbocycles. The van der Waals surface area contributed by atoms with Crippen LogP contribution in [0.2, 0.25) is 0 Å². The molecule has 1 aromatic carbocycles. The molecule has 1 aromatic heterocycles. The Morgan fingerprint density at radius 3 is 2.39 bits per heavy atom. The zero-order valence-electron chi connectivity index (χ0n) is 13.6. The molecular weight excluding hydrogens is 294 g/mol. The lowest BCUT2D eigenvalue weighted by Crippen LogP contribution is -2.22. The molecule has 1 aliphatic rings. The van der Waals surface area contributed by atoms with E-state index in [0.29, 0.717) is 12.1 Å². The van der Waals surface area contributed by atoms with Gasteiger partial charge >= 0.3 is 5.63 Å². The fraction of sp³-hybridized carbons (Fsp3) is 0.500. The number of aliphatic hydroxyl groups is 2. The van der Waals surface area contributed by atoms with Crippen LogP contribution in [0.1, 0.15) is 16.7 Å². The van der Waals surface area contributed by atoms with Gasteiger partial charge in [-0.05, 0) is 36.6 Å². The van der Waals surface area contributed by atoms with Crippen molar-refractivity contribution in [3.63, 3.8) is 0 Å². The third-order valence-corrected chi connectivity index (χ3v) is 4.77. The number of hydrogen-bond donors (Lipinski definition) is 2. The fourth-order valence-electron chi connectivity index (χ4n) is 3.63. The molecule has 0 saturated carbocycles. The maximum Gasteiger partial charge on any atom is 0.336 e. The van der Waals surface area contributed by atoms with Crippen molar-refractivity contribution in [2.45, 2.75) is 20.4 Å². The number of rotatable bonds is 4. The predicted molar refractivity (Wildman–Crippen MR) is 88.4 cm³/mol. The zero-order chi connectivity index (χ0) is 16.6. The first-order chi connectivity index (χ1) is 11.0. The molecule has 2 N–H and O–H groups in total. The highest BCUT2D eigenvalue weighted by molar-refractivity contribution is 5.83. The summed E-state index contributed by atoms with van der Waals surface area (Å²) in [6, 6.07) is 5.61. The summed E-state index contributed by atoms with van der Waals surface area (Å²) in [5, 5.41) is 19.8. The van der Waals surface area contributed by atoms with E-state index in [1.54, 1.807) is 6.07 Å². The van der Waals surface area contributed by atoms with Gasteiger partial charge in [-0.15, -0.1) is 0 Å². The van der Waals surface area contributed by atoms with Crippen LogP contribution in [0.5, 0.6) is 0 Å². The average Bonchev–Trinajstić information content (AvgIpc) is 2.90. The minimum Gasteiger partial charge on any atom is -0.422 e. The van der Waals surface area contributed by atoms with E-state index < -0.39 is 0 Å². The van der Waals surface area contributed by atoms with Gasteiger partial charge in [0, 0.05) is 56.1 Å². The Hall–Kier alpha value is -1.69. The number of aryl methyl sites for hydroxylation is 2. The first-order valence-corrected chi connectivity index (χ1v) is 8.00. The molecule has 3 rings (SSSR count). The summed E-state index contributed by atoms with van der Waals surface area (Å²) < 4.78 is 5.38. The lowest BCUT2D eigenvalue weighted by molar-refractivity contribution is 0.152. The summed E-state index contributed by atoms with van der Waals surface area (Å²) in [7, 11) is 0. The van der Waals surface area contributed by atoms with Crippen LogP contribution < -0.4 is 5.63 Å². The SMILES string of the molecule is Cc1cc(C)c2oc(=O)cc(CN3C[C@@H](CO)[C@H](CO)C3)c2c1. The van der Waals surface area contributed by atoms with Gasteiger partial charge in [0.1, 0.15) is 5.58 Å². The second-order valence-corrected chi connectivity index (χ2v) is 6.63. The van der Waals surface area contributed by atoms with Crippen molar-refractivity contribution in [2.75, 3.05) is 26.3 Å². The van der Waals surface area contributed by atoms with Gasteiger partial charge in [-0.1, -0.05) is 6.07 Å². The summed E-state index contributed by atoms with van der Waals surface area (Å²) in [6.07, 6.45) is 0. The van der Waals surface area contributed by atoms with Gasteiger partial charge in [-0.25, -0.2) is 4.79 Å². The van der Waals surface area contributed by atoms with Crippen LogP contribution in [-0.4, -0.2) is 41.4 Å². The second kappa shape index (κ2) is 6.43. The zero-order valence-corrected chi connectivity index (χ0v) is 13.6. The van der Waals surface area contributed by atoms with Gasteiger partial charge in [0.05, 0.1) is 0 Å². The van der Waals surface area contributed by atoms with E-state index in [0.717, 1.165) is 35.2 Å². The average molecular weight is 317 g/mol. The molecule has 1 saturated heterocycles. The van der Waals surface area contributed by atoms with Crippen molar-refractivity contribution in [1.82, 2.24) is 4.90 Å². The Morgan fingerprint density at radius 1 is 1.13 bits per heavy atom. The lowest BCUT2D eigenvalue weighted by atomic mass is 9.98. The minimum atomic E-state index is -0.337. The fourth-order valence-corrected chi connectivity index (χ4v) is 3.63. The molecule has 2 aromatic rings. The largest absolute Gasteiger partial charge is 0.422 e. The van der Waals surface area contributed by atoms with Crippen LogP contribution >= 0.6 is 0 Å². The van der Waals surface area contributed by atoms with E-state index in [1.165, 1.54) is 0 Å². The van der Waals surface area contributed by atoms with Gasteiger partial charge in [-0.3, -0.25) is 4.90 Å². The normalized spacial score (nSPS) is 22.1. The molecule has 0 unspecified atom stereocenters. The van der Waals surface area contributed by atoms with Gasteiger partial charge in [0.15, 0.2) is 0 Å². The van der Waals surface area contributed by atoms with Crippen molar-refractivity contribution in [3.8, 4) is 0 Å². The topological polar surface area (TPSA) is 73.9 Å². The Balaban J connectivity index is 1.96. The smallest absolute Gasteiger partial charge is 0.336 e. The molecule has 0 radical (unpaired) electrons. The van der Waals surface area contributed by atoms with Gasteiger partial charge in [-0.2, -0.15) is 0 Å². The Bertz CT molecular complexity index is 755. The predicted octanol–water partition coefficient (Wildman–Crippen LogP) is 1.44. The number of nitrogens with zero attached hydrogens (tertiary/aromatic N) is 1. The standard InChI is InChI=1S/C18H23NO4/c1-11-3-12(2)18-16(4-11)13(5-17(22)23-18)6-19-7-14(9-20)15(8-19)10-21/h3-5,14-15,20-21H,6-10H2,1-2H3/t14-,15-/m0/s1. The van der Waals surface area contributed by atoms with Crippen molar-refractivity contribution in [1.29, 1.82) is 0 Å². The molecule has 2 heterocycles. The quantitative estimate of drug-likeness (QED) is 0.835. The van der Waals surface area contributed by atoms with E-state index in [1.807, 2.05) is 26.0 Å². The highest BCUT2D eigenvalue weighted by Crippen LogP contribution is 2.27. The monoisotopic (exact) mass is 317 g/mol. The third kappa shape index (κ3) is 3.17. The molecule has 124 valence electrons. The van der Waals surface area contributed by atoms with Crippen LogP contribution in [0.25, 0.3) is 11.0 Å². The molecular formula is C18H23NO4. The van der Waals surface area contributed by atoms with E-state index in [2.05, 4.69) is 4.90 Å². The minimum absolute atomic E-state index is 0.0810. The highest BCUT2D eigenvalue weighted by Gasteiger charge is 2.31. The van der Waals surface area contributed by atoms with Crippen LogP contribution in [0.4, 0.5) is 0 Å². The lowest BCUT2D eigenvalue weighted by Gasteiger charge is -2.17. The Morgan fingerprint density at radius 2 is 1.78 bits per heavy atom. The summed E-state index contributed by atoms with van der Waals surface area (Å²) >= 11 is 0. The third-order valence-electron chi connectivity index (χ3n) is 4.77. The highest BCUT2D eigenvalue weighted by atomic mass is 16.4. The maximum atomic E-state index is 11.9. The van der Waals surface area contributed by atoms with Crippen LogP contribution in [0, 0.1) is 25.7 Å². The van der Waals surface area contributed by atoms with E-state index in [4.69, 9.17) is 4.42 Å². The first-order valence-electron chi connectivity index (χ1n) is 8.00. The van der Waals surface area contributed by atoms with Crippen LogP contribution in [-0.2, 0) is 6.54 Å². The molecule has 1 aliphatic heterocycles. The van der Waals surface area contributed by atoms with Gasteiger partial charge in [0.25, 0.3) is 0 Å². The number of likely N-dealkylation sites (tertiary alicyclic amines) is 1. The molecule has 0 bridgehead atoms. The van der Waals surface area contributed by atoms with Crippen molar-refractivity contribution in [3.05, 3.63) is 45.3 Å². The summed E-state index contributed by atoms with van der Waals surface area (Å²) in [5.41, 5.74) is 3.35. The molecule has 5 heteroatoms. The summed E-state index contributed by atoms with van der Waals surface area (Å²) in [5.74, 6) is 0.185. The molecule has 5 nitrogen and oxygen atoms in total. The van der Waals surface area contributed by atoms with Gasteiger partial charge in [0.2, 0.25) is 0 Å². The molecule has 23 heavy (non-hydrogen) atoms. The Kier molecular flexibility index (Phi) is 4.53. The number of benzene rings is 1. The number of aliphatic hydroxyl groups excluding tert-OH is 2. The van der Waals surface area contributed by atoms with E-state index >= 15 is 0 Å². The van der Waals surface area contributed by atoms with Crippen LogP contribution in [0.15, 0.2) is 27.4 Å². The van der Waals surface area contributed by atoms with E-state index in [9.17, 15) is 15.0 Å². The number of fused-ring (bicyclic) bond motifs is 1. The molecule has 0 spiro atoms. The number of hydrogen-bond acceptors (Lipinski definition) is 5. The molecule has 2 atom stereocenters. The first kappa shape index (κ1) is 16.2. The molecule has 1 fully saturated rings. The van der Waals surface area contributed by atoms with E-state index in [-0.39, 0.29) is 30.7 Å². The summed E-state index contributed by atoms with van der Waals surface area (Å²) in [4.78, 5) is 14.1. The second-order valence-electron chi connectivity index (χ2n) is 6.63. The van der Waals surface area contributed by atoms with Crippen molar-refractivity contribution < 1.29 is 14.6 Å². The molecule has 0 amide bonds. The van der Waals surface area contributed by atoms with Gasteiger partial charge < -0.3 is 14.6 Å².